The Bertz CT molecular complexity index is 1420. The molecule has 4 rings (SSSR count). The van der Waals surface area contributed by atoms with Gasteiger partial charge in [-0.2, -0.15) is 9.78 Å². The fourth-order valence-corrected chi connectivity index (χ4v) is 4.02. The first-order valence-corrected chi connectivity index (χ1v) is 11.1. The van der Waals surface area contributed by atoms with E-state index in [1.54, 1.807) is 6.92 Å². The second-order valence-corrected chi connectivity index (χ2v) is 8.06. The van der Waals surface area contributed by atoms with Crippen LogP contribution in [0.1, 0.15) is 33.2 Å². The zero-order valence-corrected chi connectivity index (χ0v) is 20.1. The zero-order valence-electron chi connectivity index (χ0n) is 18.6. The normalized spacial score (nSPS) is 10.9. The summed E-state index contributed by atoms with van der Waals surface area (Å²) < 4.78 is 11.8. The first-order valence-electron chi connectivity index (χ1n) is 10.3. The summed E-state index contributed by atoms with van der Waals surface area (Å²) in [4.78, 5) is 30.6. The molecular weight excluding hydrogens is 479 g/mol. The van der Waals surface area contributed by atoms with Crippen LogP contribution in [0.5, 0.6) is 5.75 Å². The Labute approximate surface area is 205 Å². The molecule has 2 aromatic heterocycles. The summed E-state index contributed by atoms with van der Waals surface area (Å²) in [6.45, 7) is 3.78. The predicted octanol–water partition coefficient (Wildman–Crippen LogP) is 5.47. The molecule has 0 aliphatic rings. The molecule has 2 aromatic carbocycles. The minimum atomic E-state index is -0.647. The molecule has 10 heteroatoms. The fourth-order valence-electron chi connectivity index (χ4n) is 3.56. The largest absolute Gasteiger partial charge is 0.494 e. The lowest BCUT2D eigenvalue weighted by Crippen LogP contribution is -2.19. The number of aromatic nitrogens is 3. The summed E-state index contributed by atoms with van der Waals surface area (Å²) in [6, 6.07) is 12.5. The van der Waals surface area contributed by atoms with Crippen LogP contribution in [-0.4, -0.2) is 40.4 Å². The van der Waals surface area contributed by atoms with Crippen molar-refractivity contribution in [2.24, 2.45) is 0 Å². The van der Waals surface area contributed by atoms with Gasteiger partial charge in [-0.3, -0.25) is 4.79 Å². The third-order valence-corrected chi connectivity index (χ3v) is 5.73. The molecular formula is C24H20Cl2N4O4. The molecule has 0 aliphatic heterocycles. The number of ether oxygens (including phenoxy) is 2. The topological polar surface area (TPSA) is 95.3 Å². The summed E-state index contributed by atoms with van der Waals surface area (Å²) in [6.07, 6.45) is 1.32. The van der Waals surface area contributed by atoms with Gasteiger partial charge >= 0.3 is 5.97 Å². The monoisotopic (exact) mass is 498 g/mol. The van der Waals surface area contributed by atoms with Gasteiger partial charge in [-0.25, -0.2) is 9.78 Å². The van der Waals surface area contributed by atoms with E-state index in [4.69, 9.17) is 32.7 Å². The van der Waals surface area contributed by atoms with Crippen molar-refractivity contribution >= 4 is 51.8 Å². The van der Waals surface area contributed by atoms with E-state index in [1.165, 1.54) is 30.1 Å². The third-order valence-electron chi connectivity index (χ3n) is 5.11. The lowest BCUT2D eigenvalue weighted by atomic mass is 10.1. The number of aryl methyl sites for hydroxylation is 1. The quantitative estimate of drug-likeness (QED) is 0.354. The standard InChI is InChI=1S/C24H20Cl2N4O4/c1-4-34-24(32)15-12-27-30(19-11-13(2)14-7-5-6-8-18(14)28-19)22(15)29-23(31)20-16(25)9-10-17(26)21(20)33-3/h5-12H,4H2,1-3H3,(H,29,31). The summed E-state index contributed by atoms with van der Waals surface area (Å²) in [5.74, 6) is -0.704. The van der Waals surface area contributed by atoms with Gasteiger partial charge in [0.05, 0.1) is 35.5 Å². The van der Waals surface area contributed by atoms with Gasteiger partial charge in [0, 0.05) is 5.39 Å². The predicted molar refractivity (Wildman–Crippen MR) is 131 cm³/mol. The summed E-state index contributed by atoms with van der Waals surface area (Å²) in [5.41, 5.74) is 1.76. The highest BCUT2D eigenvalue weighted by Crippen LogP contribution is 2.35. The van der Waals surface area contributed by atoms with Crippen LogP contribution in [0, 0.1) is 6.92 Å². The number of carbonyl (C=O) groups is 2. The molecule has 0 bridgehead atoms. The van der Waals surface area contributed by atoms with Crippen LogP contribution in [0.4, 0.5) is 5.82 Å². The average molecular weight is 499 g/mol. The molecule has 8 nitrogen and oxygen atoms in total. The van der Waals surface area contributed by atoms with Gasteiger partial charge in [0.15, 0.2) is 17.4 Å². The van der Waals surface area contributed by atoms with Crippen LogP contribution in [0.3, 0.4) is 0 Å². The maximum Gasteiger partial charge on any atom is 0.343 e. The number of amides is 1. The van der Waals surface area contributed by atoms with Gasteiger partial charge in [-0.15, -0.1) is 0 Å². The Hall–Kier alpha value is -3.62. The van der Waals surface area contributed by atoms with Gasteiger partial charge < -0.3 is 14.8 Å². The molecule has 0 atom stereocenters. The van der Waals surface area contributed by atoms with Crippen molar-refractivity contribution in [3.63, 3.8) is 0 Å². The Balaban J connectivity index is 1.86. The van der Waals surface area contributed by atoms with Crippen molar-refractivity contribution in [1.82, 2.24) is 14.8 Å². The number of esters is 1. The van der Waals surface area contributed by atoms with Crippen LogP contribution in [-0.2, 0) is 4.74 Å². The van der Waals surface area contributed by atoms with Crippen molar-refractivity contribution in [3.8, 4) is 11.6 Å². The zero-order chi connectivity index (χ0) is 24.4. The molecule has 0 spiro atoms. The van der Waals surface area contributed by atoms with Crippen LogP contribution >= 0.6 is 23.2 Å². The van der Waals surface area contributed by atoms with E-state index in [1.807, 2.05) is 37.3 Å². The third kappa shape index (κ3) is 4.30. The van der Waals surface area contributed by atoms with Crippen molar-refractivity contribution < 1.29 is 19.1 Å². The molecule has 34 heavy (non-hydrogen) atoms. The van der Waals surface area contributed by atoms with Crippen LogP contribution < -0.4 is 10.1 Å². The number of hydrogen-bond donors (Lipinski definition) is 1. The molecule has 0 fully saturated rings. The molecule has 0 radical (unpaired) electrons. The summed E-state index contributed by atoms with van der Waals surface area (Å²) in [7, 11) is 1.38. The highest BCUT2D eigenvalue weighted by molar-refractivity contribution is 6.37. The van der Waals surface area contributed by atoms with E-state index in [0.717, 1.165) is 16.5 Å². The number of methoxy groups -OCH3 is 1. The smallest absolute Gasteiger partial charge is 0.343 e. The summed E-state index contributed by atoms with van der Waals surface area (Å²) in [5, 5.41) is 8.35. The van der Waals surface area contributed by atoms with Crippen molar-refractivity contribution in [3.05, 3.63) is 75.4 Å². The molecule has 174 valence electrons. The fraction of sp³-hybridized carbons (Fsp3) is 0.167. The number of halogens is 2. The van der Waals surface area contributed by atoms with Gasteiger partial charge in [0.25, 0.3) is 5.91 Å². The number of rotatable bonds is 6. The lowest BCUT2D eigenvalue weighted by Gasteiger charge is -2.15. The highest BCUT2D eigenvalue weighted by atomic mass is 35.5. The maximum atomic E-state index is 13.3. The highest BCUT2D eigenvalue weighted by Gasteiger charge is 2.26. The molecule has 0 unspecified atom stereocenters. The van der Waals surface area contributed by atoms with E-state index >= 15 is 0 Å². The van der Waals surface area contributed by atoms with Crippen molar-refractivity contribution in [1.29, 1.82) is 0 Å². The first-order chi connectivity index (χ1) is 16.3. The minimum absolute atomic E-state index is 0.0156. The van der Waals surface area contributed by atoms with E-state index in [-0.39, 0.29) is 39.3 Å². The van der Waals surface area contributed by atoms with Crippen LogP contribution in [0.15, 0.2) is 48.7 Å². The molecule has 0 saturated carbocycles. The number of benzene rings is 2. The van der Waals surface area contributed by atoms with Crippen molar-refractivity contribution in [2.45, 2.75) is 13.8 Å². The number of fused-ring (bicyclic) bond motifs is 1. The van der Waals surface area contributed by atoms with E-state index in [2.05, 4.69) is 15.4 Å². The minimum Gasteiger partial charge on any atom is -0.494 e. The Morgan fingerprint density at radius 2 is 1.85 bits per heavy atom. The number of pyridine rings is 1. The molecule has 4 aromatic rings. The first kappa shape index (κ1) is 23.5. The number of nitrogens with zero attached hydrogens (tertiary/aromatic N) is 3. The Kier molecular flexibility index (Phi) is 6.72. The molecule has 0 aliphatic carbocycles. The number of para-hydroxylation sites is 1. The Morgan fingerprint density at radius 1 is 1.12 bits per heavy atom. The van der Waals surface area contributed by atoms with Gasteiger partial charge in [-0.1, -0.05) is 41.4 Å². The second-order valence-electron chi connectivity index (χ2n) is 7.25. The second kappa shape index (κ2) is 9.70. The molecule has 2 heterocycles. The van der Waals surface area contributed by atoms with Gasteiger partial charge in [0.2, 0.25) is 0 Å². The van der Waals surface area contributed by atoms with Crippen LogP contribution in [0.25, 0.3) is 16.7 Å². The number of hydrogen-bond acceptors (Lipinski definition) is 6. The van der Waals surface area contributed by atoms with Gasteiger partial charge in [0.1, 0.15) is 11.1 Å². The molecule has 0 saturated heterocycles. The van der Waals surface area contributed by atoms with Crippen LogP contribution in [0.2, 0.25) is 10.0 Å². The maximum absolute atomic E-state index is 13.3. The lowest BCUT2D eigenvalue weighted by molar-refractivity contribution is 0.0527. The number of anilines is 1. The van der Waals surface area contributed by atoms with E-state index < -0.39 is 11.9 Å². The van der Waals surface area contributed by atoms with Crippen molar-refractivity contribution in [2.75, 3.05) is 19.0 Å². The Morgan fingerprint density at radius 3 is 2.59 bits per heavy atom. The van der Waals surface area contributed by atoms with E-state index in [9.17, 15) is 9.59 Å². The molecule has 1 N–H and O–H groups in total. The number of carbonyl (C=O) groups excluding carboxylic acids is 2. The van der Waals surface area contributed by atoms with E-state index in [0.29, 0.717) is 5.82 Å². The number of nitrogens with one attached hydrogen (secondary N) is 1. The van der Waals surface area contributed by atoms with Gasteiger partial charge in [-0.05, 0) is 43.7 Å². The summed E-state index contributed by atoms with van der Waals surface area (Å²) >= 11 is 12.5. The average Bonchev–Trinajstić information content (AvgIpc) is 3.23. The molecule has 1 amide bonds. The SMILES string of the molecule is CCOC(=O)c1cnn(-c2cc(C)c3ccccc3n2)c1NC(=O)c1c(Cl)ccc(Cl)c1OC.